The Labute approximate surface area is 189 Å². The van der Waals surface area contributed by atoms with Crippen LogP contribution in [0.3, 0.4) is 0 Å². The molecule has 2 N–H and O–H groups in total. The number of carbonyl (C=O) groups is 1. The number of aryl methyl sites for hydroxylation is 1. The summed E-state index contributed by atoms with van der Waals surface area (Å²) in [5.74, 6) is 1.13. The van der Waals surface area contributed by atoms with Crippen LogP contribution in [-0.2, 0) is 17.9 Å². The number of benzene rings is 3. The van der Waals surface area contributed by atoms with E-state index in [1.54, 1.807) is 0 Å². The number of nitrogens with one attached hydrogen (secondary N) is 2. The minimum atomic E-state index is 0.0220. The van der Waals surface area contributed by atoms with E-state index in [0.717, 1.165) is 28.3 Å². The van der Waals surface area contributed by atoms with Gasteiger partial charge in [0.25, 0.3) is 0 Å². The van der Waals surface area contributed by atoms with E-state index in [1.165, 1.54) is 5.56 Å². The highest BCUT2D eigenvalue weighted by Gasteiger charge is 2.08. The van der Waals surface area contributed by atoms with Crippen molar-refractivity contribution in [1.29, 1.82) is 0 Å². The van der Waals surface area contributed by atoms with E-state index in [0.29, 0.717) is 30.5 Å². The van der Waals surface area contributed by atoms with Crippen molar-refractivity contribution in [3.63, 3.8) is 0 Å². The molecule has 31 heavy (non-hydrogen) atoms. The molecular formula is C26H29ClN2O2. The van der Waals surface area contributed by atoms with E-state index in [9.17, 15) is 4.79 Å². The lowest BCUT2D eigenvalue weighted by Crippen LogP contribution is -2.14. The molecule has 0 saturated carbocycles. The molecule has 0 bridgehead atoms. The predicted molar refractivity (Wildman–Crippen MR) is 129 cm³/mol. The van der Waals surface area contributed by atoms with Crippen molar-refractivity contribution < 1.29 is 9.53 Å². The summed E-state index contributed by atoms with van der Waals surface area (Å²) in [4.78, 5) is 12.0. The van der Waals surface area contributed by atoms with Gasteiger partial charge in [0, 0.05) is 34.9 Å². The lowest BCUT2D eigenvalue weighted by molar-refractivity contribution is -0.116. The molecule has 5 heteroatoms. The Bertz CT molecular complexity index is 1020. The van der Waals surface area contributed by atoms with E-state index >= 15 is 0 Å². The molecule has 1 amide bonds. The van der Waals surface area contributed by atoms with Gasteiger partial charge in [-0.15, -0.1) is 0 Å². The van der Waals surface area contributed by atoms with Gasteiger partial charge in [0.15, 0.2) is 0 Å². The summed E-state index contributed by atoms with van der Waals surface area (Å²) >= 11 is 6.23. The molecule has 0 aromatic heterocycles. The van der Waals surface area contributed by atoms with Crippen LogP contribution in [0, 0.1) is 12.8 Å². The van der Waals surface area contributed by atoms with Crippen molar-refractivity contribution in [3.05, 3.63) is 88.4 Å². The first-order valence-corrected chi connectivity index (χ1v) is 10.9. The molecule has 0 aliphatic carbocycles. The van der Waals surface area contributed by atoms with Crippen molar-refractivity contribution in [2.45, 2.75) is 40.3 Å². The fourth-order valence-corrected chi connectivity index (χ4v) is 3.35. The van der Waals surface area contributed by atoms with E-state index in [4.69, 9.17) is 16.3 Å². The van der Waals surface area contributed by atoms with E-state index in [1.807, 2.05) is 56.3 Å². The van der Waals surface area contributed by atoms with Crippen molar-refractivity contribution in [2.24, 2.45) is 5.92 Å². The Morgan fingerprint density at radius 2 is 1.74 bits per heavy atom. The first-order valence-electron chi connectivity index (χ1n) is 10.5. The lowest BCUT2D eigenvalue weighted by Gasteiger charge is -2.14. The zero-order valence-electron chi connectivity index (χ0n) is 18.2. The number of ether oxygens (including phenoxy) is 1. The number of carbonyl (C=O) groups excluding carboxylic acids is 1. The van der Waals surface area contributed by atoms with Crippen LogP contribution in [0.5, 0.6) is 5.75 Å². The molecule has 162 valence electrons. The van der Waals surface area contributed by atoms with Crippen molar-refractivity contribution in [1.82, 2.24) is 0 Å². The quantitative estimate of drug-likeness (QED) is 0.386. The van der Waals surface area contributed by atoms with Gasteiger partial charge < -0.3 is 15.4 Å². The topological polar surface area (TPSA) is 50.4 Å². The average Bonchev–Trinajstić information content (AvgIpc) is 2.72. The second-order valence-corrected chi connectivity index (χ2v) is 8.54. The molecule has 4 nitrogen and oxygen atoms in total. The standard InChI is InChI=1S/C26H29ClN2O2/c1-18(2)13-26(30)29-24-6-4-5-23(15-24)28-16-21-14-22(27)11-12-25(21)31-17-20-9-7-19(3)8-10-20/h4-12,14-15,18,28H,13,16-17H2,1-3H3,(H,29,30). The number of rotatable bonds is 9. The van der Waals surface area contributed by atoms with Gasteiger partial charge in [0.05, 0.1) is 0 Å². The Morgan fingerprint density at radius 1 is 1.00 bits per heavy atom. The van der Waals surface area contributed by atoms with Crippen LogP contribution in [0.1, 0.15) is 37.0 Å². The highest BCUT2D eigenvalue weighted by Crippen LogP contribution is 2.26. The number of amides is 1. The monoisotopic (exact) mass is 436 g/mol. The number of anilines is 2. The van der Waals surface area contributed by atoms with Gasteiger partial charge >= 0.3 is 0 Å². The molecule has 0 radical (unpaired) electrons. The normalized spacial score (nSPS) is 10.7. The van der Waals surface area contributed by atoms with E-state index < -0.39 is 0 Å². The summed E-state index contributed by atoms with van der Waals surface area (Å²) in [6, 6.07) is 21.6. The fourth-order valence-electron chi connectivity index (χ4n) is 3.16. The van der Waals surface area contributed by atoms with E-state index in [2.05, 4.69) is 41.8 Å². The Kier molecular flexibility index (Phi) is 7.96. The first-order chi connectivity index (χ1) is 14.9. The molecule has 0 saturated heterocycles. The van der Waals surface area contributed by atoms with Gasteiger partial charge in [0.1, 0.15) is 12.4 Å². The molecule has 0 unspecified atom stereocenters. The predicted octanol–water partition coefficient (Wildman–Crippen LogP) is 6.82. The smallest absolute Gasteiger partial charge is 0.224 e. The van der Waals surface area contributed by atoms with Crippen LogP contribution in [0.25, 0.3) is 0 Å². The van der Waals surface area contributed by atoms with Gasteiger partial charge in [-0.3, -0.25) is 4.79 Å². The zero-order valence-corrected chi connectivity index (χ0v) is 19.0. The molecule has 3 aromatic carbocycles. The van der Waals surface area contributed by atoms with E-state index in [-0.39, 0.29) is 5.91 Å². The Hall–Kier alpha value is -2.98. The minimum Gasteiger partial charge on any atom is -0.489 e. The zero-order chi connectivity index (χ0) is 22.2. The second kappa shape index (κ2) is 10.9. The molecule has 0 fully saturated rings. The fraction of sp³-hybridized carbons (Fsp3) is 0.269. The van der Waals surface area contributed by atoms with Crippen molar-refractivity contribution >= 4 is 28.9 Å². The molecule has 0 spiro atoms. The summed E-state index contributed by atoms with van der Waals surface area (Å²) in [6.45, 7) is 7.17. The van der Waals surface area contributed by atoms with Gasteiger partial charge in [-0.05, 0) is 54.8 Å². The average molecular weight is 437 g/mol. The maximum atomic E-state index is 12.0. The van der Waals surface area contributed by atoms with Crippen LogP contribution < -0.4 is 15.4 Å². The van der Waals surface area contributed by atoms with Crippen LogP contribution in [0.2, 0.25) is 5.02 Å². The van der Waals surface area contributed by atoms with Gasteiger partial charge in [-0.25, -0.2) is 0 Å². The number of hydrogen-bond acceptors (Lipinski definition) is 3. The maximum absolute atomic E-state index is 12.0. The first kappa shape index (κ1) is 22.7. The van der Waals surface area contributed by atoms with Crippen molar-refractivity contribution in [3.8, 4) is 5.75 Å². The van der Waals surface area contributed by atoms with Crippen LogP contribution >= 0.6 is 11.6 Å². The largest absolute Gasteiger partial charge is 0.489 e. The SMILES string of the molecule is Cc1ccc(COc2ccc(Cl)cc2CNc2cccc(NC(=O)CC(C)C)c2)cc1. The molecule has 3 aromatic rings. The maximum Gasteiger partial charge on any atom is 0.224 e. The van der Waals surface area contributed by atoms with Gasteiger partial charge in [0.2, 0.25) is 5.91 Å². The van der Waals surface area contributed by atoms with Gasteiger partial charge in [-0.1, -0.05) is 61.3 Å². The third kappa shape index (κ3) is 7.34. The molecule has 0 atom stereocenters. The summed E-state index contributed by atoms with van der Waals surface area (Å²) in [5.41, 5.74) is 4.99. The molecule has 0 aliphatic heterocycles. The minimum absolute atomic E-state index is 0.0220. The summed E-state index contributed by atoms with van der Waals surface area (Å²) in [5, 5.41) is 7.01. The summed E-state index contributed by atoms with van der Waals surface area (Å²) in [7, 11) is 0. The van der Waals surface area contributed by atoms with Crippen LogP contribution in [-0.4, -0.2) is 5.91 Å². The van der Waals surface area contributed by atoms with Gasteiger partial charge in [-0.2, -0.15) is 0 Å². The molecule has 0 aliphatic rings. The second-order valence-electron chi connectivity index (χ2n) is 8.11. The van der Waals surface area contributed by atoms with Crippen LogP contribution in [0.4, 0.5) is 11.4 Å². The molecular weight excluding hydrogens is 408 g/mol. The highest BCUT2D eigenvalue weighted by molar-refractivity contribution is 6.30. The number of halogens is 1. The Morgan fingerprint density at radius 3 is 2.48 bits per heavy atom. The summed E-state index contributed by atoms with van der Waals surface area (Å²) < 4.78 is 6.06. The number of hydrogen-bond donors (Lipinski definition) is 2. The third-order valence-electron chi connectivity index (χ3n) is 4.76. The molecule has 3 rings (SSSR count). The Balaban J connectivity index is 1.64. The van der Waals surface area contributed by atoms with Crippen molar-refractivity contribution in [2.75, 3.05) is 10.6 Å². The molecule has 0 heterocycles. The highest BCUT2D eigenvalue weighted by atomic mass is 35.5. The lowest BCUT2D eigenvalue weighted by atomic mass is 10.1. The van der Waals surface area contributed by atoms with Crippen LogP contribution in [0.15, 0.2) is 66.7 Å². The summed E-state index contributed by atoms with van der Waals surface area (Å²) in [6.07, 6.45) is 0.502. The third-order valence-corrected chi connectivity index (χ3v) is 5.00.